The van der Waals surface area contributed by atoms with Crippen LogP contribution in [0, 0.1) is 0 Å². The topological polar surface area (TPSA) is 105 Å². The van der Waals surface area contributed by atoms with E-state index in [-0.39, 0.29) is 17.2 Å². The number of carbonyl (C=O) groups excluding carboxylic acids is 1. The number of rotatable bonds is 5. The van der Waals surface area contributed by atoms with E-state index < -0.39 is 10.0 Å². The van der Waals surface area contributed by atoms with Crippen LogP contribution in [0.1, 0.15) is 16.2 Å². The Morgan fingerprint density at radius 2 is 1.78 bits per heavy atom. The number of ether oxygens (including phenoxy) is 1. The predicted octanol–water partition coefficient (Wildman–Crippen LogP) is 1.75. The summed E-state index contributed by atoms with van der Waals surface area (Å²) < 4.78 is 32.5. The van der Waals surface area contributed by atoms with Crippen molar-refractivity contribution in [2.75, 3.05) is 45.2 Å². The standard InChI is InChI=1S/C22H23N5O4S/c1-31-15-5-7-16(8-6-15)32(29,30)27-11-9-26(10-12-27)14-20-24-18-4-2-3-17-19(28)13-23-22(25-20)21(17)18/h2-8H,9-14H2,1H3,(H,23,24,25). The van der Waals surface area contributed by atoms with Gasteiger partial charge in [0.15, 0.2) is 5.78 Å². The molecule has 1 saturated heterocycles. The van der Waals surface area contributed by atoms with E-state index in [0.29, 0.717) is 55.7 Å². The number of hydrogen-bond donors (Lipinski definition) is 1. The Kier molecular flexibility index (Phi) is 5.28. The molecule has 3 aromatic rings. The monoisotopic (exact) mass is 453 g/mol. The van der Waals surface area contributed by atoms with Gasteiger partial charge in [-0.05, 0) is 30.3 Å². The Balaban J connectivity index is 1.29. The van der Waals surface area contributed by atoms with Gasteiger partial charge >= 0.3 is 0 Å². The number of carbonyl (C=O) groups is 1. The summed E-state index contributed by atoms with van der Waals surface area (Å²) in [6, 6.07) is 12.0. The van der Waals surface area contributed by atoms with Crippen LogP contribution in [0.5, 0.6) is 5.75 Å². The zero-order valence-corrected chi connectivity index (χ0v) is 18.4. The molecule has 1 fully saturated rings. The fourth-order valence-corrected chi connectivity index (χ4v) is 5.57. The largest absolute Gasteiger partial charge is 0.497 e. The van der Waals surface area contributed by atoms with Crippen LogP contribution in [-0.4, -0.2) is 73.2 Å². The van der Waals surface area contributed by atoms with Crippen LogP contribution < -0.4 is 10.1 Å². The lowest BCUT2D eigenvalue weighted by Gasteiger charge is -2.33. The lowest BCUT2D eigenvalue weighted by molar-refractivity contribution is 0.101. The molecule has 0 spiro atoms. The van der Waals surface area contributed by atoms with E-state index in [4.69, 9.17) is 4.74 Å². The second-order valence-electron chi connectivity index (χ2n) is 7.82. The van der Waals surface area contributed by atoms with Crippen molar-refractivity contribution in [3.05, 3.63) is 53.9 Å². The van der Waals surface area contributed by atoms with Crippen LogP contribution in [0.25, 0.3) is 10.9 Å². The van der Waals surface area contributed by atoms with Gasteiger partial charge in [0.2, 0.25) is 10.0 Å². The summed E-state index contributed by atoms with van der Waals surface area (Å²) in [4.78, 5) is 23.8. The maximum atomic E-state index is 13.0. The summed E-state index contributed by atoms with van der Waals surface area (Å²) in [6.07, 6.45) is 0. The molecule has 0 aliphatic carbocycles. The summed E-state index contributed by atoms with van der Waals surface area (Å²) in [5, 5.41) is 3.86. The van der Waals surface area contributed by atoms with Gasteiger partial charge in [-0.25, -0.2) is 18.4 Å². The number of ketones is 1. The van der Waals surface area contributed by atoms with Crippen LogP contribution in [-0.2, 0) is 16.6 Å². The van der Waals surface area contributed by atoms with E-state index in [2.05, 4.69) is 20.2 Å². The van der Waals surface area contributed by atoms with Gasteiger partial charge in [-0.15, -0.1) is 0 Å². The second-order valence-corrected chi connectivity index (χ2v) is 9.76. The fraction of sp³-hybridized carbons (Fsp3) is 0.318. The van der Waals surface area contributed by atoms with Gasteiger partial charge in [0.1, 0.15) is 17.4 Å². The minimum Gasteiger partial charge on any atom is -0.497 e. The molecule has 3 heterocycles. The quantitative estimate of drug-likeness (QED) is 0.623. The number of nitrogens with zero attached hydrogens (tertiary/aromatic N) is 4. The first-order chi connectivity index (χ1) is 15.5. The second kappa shape index (κ2) is 8.12. The van der Waals surface area contributed by atoms with Crippen LogP contribution in [0.3, 0.4) is 0 Å². The van der Waals surface area contributed by atoms with Gasteiger partial charge in [-0.3, -0.25) is 9.69 Å². The highest BCUT2D eigenvalue weighted by Gasteiger charge is 2.29. The Labute approximate surface area is 186 Å². The molecule has 2 aliphatic heterocycles. The molecule has 0 amide bonds. The third kappa shape index (κ3) is 3.70. The third-order valence-corrected chi connectivity index (χ3v) is 7.79. The van der Waals surface area contributed by atoms with Crippen molar-refractivity contribution in [1.29, 1.82) is 0 Å². The highest BCUT2D eigenvalue weighted by Crippen LogP contribution is 2.28. The minimum absolute atomic E-state index is 0.0358. The minimum atomic E-state index is -3.55. The van der Waals surface area contributed by atoms with Crippen molar-refractivity contribution < 1.29 is 17.9 Å². The summed E-state index contributed by atoms with van der Waals surface area (Å²) in [6.45, 7) is 2.69. The number of Topliss-reactive ketones (excluding diaryl/α,β-unsaturated/α-hetero) is 1. The summed E-state index contributed by atoms with van der Waals surface area (Å²) in [5.74, 6) is 1.99. The molecule has 2 aliphatic rings. The maximum absolute atomic E-state index is 13.0. The molecule has 0 radical (unpaired) electrons. The van der Waals surface area contributed by atoms with Gasteiger partial charge < -0.3 is 10.1 Å². The first kappa shape index (κ1) is 20.8. The van der Waals surface area contributed by atoms with Crippen LogP contribution in [0.2, 0.25) is 0 Å². The molecule has 5 rings (SSSR count). The number of methoxy groups -OCH3 is 1. The van der Waals surface area contributed by atoms with E-state index in [9.17, 15) is 13.2 Å². The van der Waals surface area contributed by atoms with Crippen molar-refractivity contribution in [2.45, 2.75) is 11.4 Å². The number of piperazine rings is 1. The molecule has 0 saturated carbocycles. The first-order valence-electron chi connectivity index (χ1n) is 10.4. The number of hydrogen-bond acceptors (Lipinski definition) is 8. The average molecular weight is 454 g/mol. The Morgan fingerprint density at radius 1 is 1.03 bits per heavy atom. The molecule has 9 nitrogen and oxygen atoms in total. The van der Waals surface area contributed by atoms with E-state index in [1.54, 1.807) is 37.4 Å². The average Bonchev–Trinajstić information content (AvgIpc) is 2.82. The Hall–Kier alpha value is -3.08. The smallest absolute Gasteiger partial charge is 0.243 e. The van der Waals surface area contributed by atoms with E-state index in [0.717, 1.165) is 10.9 Å². The molecule has 10 heteroatoms. The first-order valence-corrected chi connectivity index (χ1v) is 11.8. The molecular weight excluding hydrogens is 430 g/mol. The Morgan fingerprint density at radius 3 is 2.50 bits per heavy atom. The highest BCUT2D eigenvalue weighted by molar-refractivity contribution is 7.89. The normalized spacial score (nSPS) is 17.3. The molecule has 0 atom stereocenters. The fourth-order valence-electron chi connectivity index (χ4n) is 4.15. The summed E-state index contributed by atoms with van der Waals surface area (Å²) >= 11 is 0. The number of benzene rings is 2. The molecule has 1 N–H and O–H groups in total. The zero-order chi connectivity index (χ0) is 22.3. The van der Waals surface area contributed by atoms with Crippen molar-refractivity contribution in [1.82, 2.24) is 19.2 Å². The lowest BCUT2D eigenvalue weighted by atomic mass is 10.0. The SMILES string of the molecule is COc1ccc(S(=O)(=O)N2CCN(Cc3nc4c5c(cccc5n3)C(=O)CN4)CC2)cc1. The molecular formula is C22H23N5O4S. The van der Waals surface area contributed by atoms with E-state index in [1.165, 1.54) is 4.31 Å². The number of aromatic nitrogens is 2. The van der Waals surface area contributed by atoms with Crippen molar-refractivity contribution in [2.24, 2.45) is 0 Å². The number of nitrogens with one attached hydrogen (secondary N) is 1. The molecule has 2 aromatic carbocycles. The van der Waals surface area contributed by atoms with E-state index >= 15 is 0 Å². The van der Waals surface area contributed by atoms with Crippen molar-refractivity contribution in [3.63, 3.8) is 0 Å². The summed E-state index contributed by atoms with van der Waals surface area (Å²) in [7, 11) is -2.00. The van der Waals surface area contributed by atoms with Gasteiger partial charge in [0.25, 0.3) is 0 Å². The molecule has 1 aromatic heterocycles. The predicted molar refractivity (Wildman–Crippen MR) is 119 cm³/mol. The molecule has 32 heavy (non-hydrogen) atoms. The number of sulfonamides is 1. The lowest BCUT2D eigenvalue weighted by Crippen LogP contribution is -2.48. The highest BCUT2D eigenvalue weighted by atomic mass is 32.2. The van der Waals surface area contributed by atoms with Crippen LogP contribution in [0.15, 0.2) is 47.4 Å². The molecule has 0 bridgehead atoms. The van der Waals surface area contributed by atoms with Gasteiger partial charge in [-0.2, -0.15) is 4.31 Å². The Bertz CT molecular complexity index is 1290. The van der Waals surface area contributed by atoms with Crippen molar-refractivity contribution in [3.8, 4) is 5.75 Å². The maximum Gasteiger partial charge on any atom is 0.243 e. The van der Waals surface area contributed by atoms with Gasteiger partial charge in [0, 0.05) is 31.7 Å². The molecule has 0 unspecified atom stereocenters. The van der Waals surface area contributed by atoms with Crippen molar-refractivity contribution >= 4 is 32.5 Å². The van der Waals surface area contributed by atoms with Crippen LogP contribution in [0.4, 0.5) is 5.82 Å². The van der Waals surface area contributed by atoms with Gasteiger partial charge in [0.05, 0.1) is 36.0 Å². The number of anilines is 1. The molecule has 166 valence electrons. The zero-order valence-electron chi connectivity index (χ0n) is 17.6. The third-order valence-electron chi connectivity index (χ3n) is 5.88. The van der Waals surface area contributed by atoms with Gasteiger partial charge in [-0.1, -0.05) is 12.1 Å². The summed E-state index contributed by atoms with van der Waals surface area (Å²) in [5.41, 5.74) is 1.39. The van der Waals surface area contributed by atoms with Crippen LogP contribution >= 0.6 is 0 Å². The van der Waals surface area contributed by atoms with E-state index in [1.807, 2.05) is 12.1 Å².